The summed E-state index contributed by atoms with van der Waals surface area (Å²) in [4.78, 5) is 19.2. The summed E-state index contributed by atoms with van der Waals surface area (Å²) in [5.41, 5.74) is 2.26. The van der Waals surface area contributed by atoms with E-state index >= 15 is 0 Å². The molecule has 4 rings (SSSR count). The number of aromatic nitrogens is 3. The number of rotatable bonds is 5. The van der Waals surface area contributed by atoms with E-state index in [2.05, 4.69) is 15.3 Å². The predicted octanol–water partition coefficient (Wildman–Crippen LogP) is 3.96. The maximum absolute atomic E-state index is 14.3. The van der Waals surface area contributed by atoms with Gasteiger partial charge in [0.15, 0.2) is 0 Å². The van der Waals surface area contributed by atoms with Crippen LogP contribution in [0.5, 0.6) is 0 Å². The lowest BCUT2D eigenvalue weighted by molar-refractivity contribution is 0.0949. The molecule has 0 radical (unpaired) electrons. The number of nitrogens with zero attached hydrogens (tertiary/aromatic N) is 2. The van der Waals surface area contributed by atoms with Gasteiger partial charge in [-0.2, -0.15) is 0 Å². The van der Waals surface area contributed by atoms with Crippen LogP contribution in [0.15, 0.2) is 48.9 Å². The molecule has 0 aliphatic heterocycles. The first-order chi connectivity index (χ1) is 13.9. The van der Waals surface area contributed by atoms with Gasteiger partial charge in [-0.15, -0.1) is 0 Å². The molecule has 2 N–H and O–H groups in total. The number of aromatic amines is 1. The van der Waals surface area contributed by atoms with E-state index in [4.69, 9.17) is 0 Å². The molecule has 29 heavy (non-hydrogen) atoms. The minimum Gasteiger partial charge on any atom is -0.352 e. The SMILES string of the molecule is Cn1cnc(C(=O)NCCc2c(-c3ccc(F)cc3)[nH]c3c(F)cc(F)cc23)c1. The molecule has 5 nitrogen and oxygen atoms in total. The maximum atomic E-state index is 14.3. The van der Waals surface area contributed by atoms with Gasteiger partial charge in [-0.3, -0.25) is 4.79 Å². The Bertz CT molecular complexity index is 1190. The van der Waals surface area contributed by atoms with Crippen LogP contribution in [-0.2, 0) is 13.5 Å². The molecular weight excluding hydrogens is 381 g/mol. The monoisotopic (exact) mass is 398 g/mol. The summed E-state index contributed by atoms with van der Waals surface area (Å²) in [5.74, 6) is -2.15. The molecule has 0 unspecified atom stereocenters. The van der Waals surface area contributed by atoms with Crippen molar-refractivity contribution in [1.29, 1.82) is 0 Å². The summed E-state index contributed by atoms with van der Waals surface area (Å²) < 4.78 is 43.1. The third-order valence-corrected chi connectivity index (χ3v) is 4.66. The van der Waals surface area contributed by atoms with Crippen LogP contribution in [0.2, 0.25) is 0 Å². The van der Waals surface area contributed by atoms with E-state index < -0.39 is 17.5 Å². The van der Waals surface area contributed by atoms with Gasteiger partial charge in [-0.25, -0.2) is 18.2 Å². The van der Waals surface area contributed by atoms with Crippen molar-refractivity contribution in [2.75, 3.05) is 6.54 Å². The first-order valence-corrected chi connectivity index (χ1v) is 8.94. The molecule has 2 aromatic heterocycles. The number of nitrogens with one attached hydrogen (secondary N) is 2. The highest BCUT2D eigenvalue weighted by molar-refractivity contribution is 5.93. The van der Waals surface area contributed by atoms with Crippen LogP contribution in [0.25, 0.3) is 22.2 Å². The van der Waals surface area contributed by atoms with Crippen LogP contribution >= 0.6 is 0 Å². The third-order valence-electron chi connectivity index (χ3n) is 4.66. The Hall–Kier alpha value is -3.55. The zero-order valence-corrected chi connectivity index (χ0v) is 15.5. The first kappa shape index (κ1) is 18.8. The van der Waals surface area contributed by atoms with Crippen molar-refractivity contribution in [1.82, 2.24) is 19.9 Å². The van der Waals surface area contributed by atoms with Gasteiger partial charge in [0.05, 0.1) is 11.8 Å². The maximum Gasteiger partial charge on any atom is 0.271 e. The molecule has 4 aromatic rings. The Kier molecular flexibility index (Phi) is 4.84. The summed E-state index contributed by atoms with van der Waals surface area (Å²) in [6.07, 6.45) is 3.43. The molecule has 0 bridgehead atoms. The largest absolute Gasteiger partial charge is 0.352 e. The Morgan fingerprint density at radius 2 is 1.90 bits per heavy atom. The molecule has 2 heterocycles. The van der Waals surface area contributed by atoms with E-state index in [1.165, 1.54) is 24.5 Å². The van der Waals surface area contributed by atoms with Crippen molar-refractivity contribution in [2.45, 2.75) is 6.42 Å². The van der Waals surface area contributed by atoms with Gasteiger partial charge < -0.3 is 14.9 Å². The quantitative estimate of drug-likeness (QED) is 0.535. The highest BCUT2D eigenvalue weighted by Crippen LogP contribution is 2.32. The van der Waals surface area contributed by atoms with E-state index in [1.807, 2.05) is 0 Å². The molecule has 2 aromatic carbocycles. The molecular formula is C21H17F3N4O. The van der Waals surface area contributed by atoms with Gasteiger partial charge >= 0.3 is 0 Å². The second-order valence-corrected chi connectivity index (χ2v) is 6.73. The Balaban J connectivity index is 1.66. The third kappa shape index (κ3) is 3.73. The topological polar surface area (TPSA) is 62.7 Å². The summed E-state index contributed by atoms with van der Waals surface area (Å²) in [6.45, 7) is 0.231. The van der Waals surface area contributed by atoms with E-state index in [0.717, 1.165) is 6.07 Å². The number of halogens is 3. The second kappa shape index (κ2) is 7.46. The van der Waals surface area contributed by atoms with Crippen LogP contribution in [0.1, 0.15) is 16.1 Å². The van der Waals surface area contributed by atoms with Gasteiger partial charge in [0.1, 0.15) is 23.1 Å². The second-order valence-electron chi connectivity index (χ2n) is 6.73. The van der Waals surface area contributed by atoms with Crippen LogP contribution in [0.4, 0.5) is 13.2 Å². The summed E-state index contributed by atoms with van der Waals surface area (Å²) in [5, 5.41) is 3.14. The van der Waals surface area contributed by atoms with Crippen LogP contribution in [0, 0.1) is 17.5 Å². The predicted molar refractivity (Wildman–Crippen MR) is 103 cm³/mol. The zero-order valence-electron chi connectivity index (χ0n) is 15.5. The highest BCUT2D eigenvalue weighted by atomic mass is 19.1. The van der Waals surface area contributed by atoms with E-state index in [1.54, 1.807) is 29.9 Å². The normalized spacial score (nSPS) is 11.2. The van der Waals surface area contributed by atoms with Gasteiger partial charge in [0.2, 0.25) is 0 Å². The first-order valence-electron chi connectivity index (χ1n) is 8.94. The van der Waals surface area contributed by atoms with Gasteiger partial charge in [0.25, 0.3) is 5.91 Å². The van der Waals surface area contributed by atoms with Gasteiger partial charge in [-0.05, 0) is 47.9 Å². The lowest BCUT2D eigenvalue weighted by atomic mass is 10.0. The molecule has 0 atom stereocenters. The van der Waals surface area contributed by atoms with Crippen LogP contribution < -0.4 is 5.32 Å². The minimum absolute atomic E-state index is 0.164. The number of imidazole rings is 1. The van der Waals surface area contributed by atoms with Crippen molar-refractivity contribution in [3.8, 4) is 11.3 Å². The molecule has 0 saturated heterocycles. The molecule has 0 aliphatic rings. The van der Waals surface area contributed by atoms with Crippen molar-refractivity contribution in [3.63, 3.8) is 0 Å². The van der Waals surface area contributed by atoms with Crippen molar-refractivity contribution >= 4 is 16.8 Å². The lowest BCUT2D eigenvalue weighted by Gasteiger charge is -2.07. The molecule has 1 amide bonds. The van der Waals surface area contributed by atoms with Crippen molar-refractivity contribution in [3.05, 3.63) is 77.6 Å². The zero-order chi connectivity index (χ0) is 20.5. The number of fused-ring (bicyclic) bond motifs is 1. The average Bonchev–Trinajstić information content (AvgIpc) is 3.27. The number of carbonyl (C=O) groups is 1. The summed E-state index contributed by atoms with van der Waals surface area (Å²) >= 11 is 0. The molecule has 8 heteroatoms. The molecule has 0 saturated carbocycles. The van der Waals surface area contributed by atoms with Gasteiger partial charge in [-0.1, -0.05) is 0 Å². The van der Waals surface area contributed by atoms with Crippen LogP contribution in [0.3, 0.4) is 0 Å². The molecule has 0 fully saturated rings. The standard InChI is InChI=1S/C21H17F3N4O/c1-28-10-18(26-11-28)21(29)25-7-6-15-16-8-14(23)9-17(24)20(16)27-19(15)12-2-4-13(22)5-3-12/h2-5,8-11,27H,6-7H2,1H3,(H,25,29). The Labute approximate surface area is 164 Å². The summed E-state index contributed by atoms with van der Waals surface area (Å²) in [7, 11) is 1.76. The van der Waals surface area contributed by atoms with Crippen molar-refractivity contribution < 1.29 is 18.0 Å². The molecule has 148 valence electrons. The number of amides is 1. The van der Waals surface area contributed by atoms with Crippen molar-refractivity contribution in [2.24, 2.45) is 7.05 Å². The lowest BCUT2D eigenvalue weighted by Crippen LogP contribution is -2.26. The molecule has 0 spiro atoms. The summed E-state index contributed by atoms with van der Waals surface area (Å²) in [6, 6.07) is 7.77. The highest BCUT2D eigenvalue weighted by Gasteiger charge is 2.18. The fourth-order valence-corrected chi connectivity index (χ4v) is 3.32. The number of hydrogen-bond donors (Lipinski definition) is 2. The molecule has 0 aliphatic carbocycles. The minimum atomic E-state index is -0.716. The Morgan fingerprint density at radius 3 is 2.59 bits per heavy atom. The number of hydrogen-bond acceptors (Lipinski definition) is 2. The van der Waals surface area contributed by atoms with Gasteiger partial charge in [0, 0.05) is 36.9 Å². The fraction of sp³-hybridized carbons (Fsp3) is 0.143. The van der Waals surface area contributed by atoms with E-state index in [0.29, 0.717) is 28.6 Å². The van der Waals surface area contributed by atoms with E-state index in [9.17, 15) is 18.0 Å². The number of carbonyl (C=O) groups excluding carboxylic acids is 1. The number of H-pyrrole nitrogens is 1. The fourth-order valence-electron chi connectivity index (χ4n) is 3.32. The van der Waals surface area contributed by atoms with Crippen LogP contribution in [-0.4, -0.2) is 27.0 Å². The smallest absolute Gasteiger partial charge is 0.271 e. The number of benzene rings is 2. The Morgan fingerprint density at radius 1 is 1.14 bits per heavy atom. The van der Waals surface area contributed by atoms with E-state index in [-0.39, 0.29) is 23.7 Å². The average molecular weight is 398 g/mol. The number of aryl methyl sites for hydroxylation is 1.